The van der Waals surface area contributed by atoms with Crippen LogP contribution in [0.4, 0.5) is 5.82 Å². The molecule has 0 saturated carbocycles. The molecule has 8 nitrogen and oxygen atoms in total. The van der Waals surface area contributed by atoms with E-state index >= 15 is 0 Å². The van der Waals surface area contributed by atoms with Crippen LogP contribution in [0.5, 0.6) is 0 Å². The maximum absolute atomic E-state index is 12.7. The Morgan fingerprint density at radius 1 is 1.06 bits per heavy atom. The molecule has 4 aromatic rings. The number of para-hydroxylation sites is 1. The fourth-order valence-corrected chi connectivity index (χ4v) is 5.99. The molecule has 0 atom stereocenters. The Morgan fingerprint density at radius 2 is 1.80 bits per heavy atom. The van der Waals surface area contributed by atoms with Gasteiger partial charge < -0.3 is 15.0 Å². The standard InChI is InChI=1S/C23H24Cl3N5O3S/c1-34-11-8-20-30-21-22(14-6-2-3-7-18(14)29-23(21)27)31(20)10-5-4-9-28-35(32,33)19-13-16(25)15(24)12-17(19)26/h2-3,6-7,12-13,28H,4-5,8-11H2,1H3,(H2,27,29). The summed E-state index contributed by atoms with van der Waals surface area (Å²) in [5.41, 5.74) is 8.59. The van der Waals surface area contributed by atoms with Crippen molar-refractivity contribution in [2.75, 3.05) is 26.0 Å². The Bertz CT molecular complexity index is 1490. The summed E-state index contributed by atoms with van der Waals surface area (Å²) in [4.78, 5) is 9.13. The minimum atomic E-state index is -3.84. The average molecular weight is 557 g/mol. The van der Waals surface area contributed by atoms with E-state index in [0.717, 1.165) is 22.2 Å². The molecule has 12 heteroatoms. The molecule has 3 N–H and O–H groups in total. The molecule has 0 saturated heterocycles. The monoisotopic (exact) mass is 555 g/mol. The molecular weight excluding hydrogens is 533 g/mol. The van der Waals surface area contributed by atoms with Gasteiger partial charge in [0.15, 0.2) is 5.82 Å². The Balaban J connectivity index is 1.52. The number of nitrogens with zero attached hydrogens (tertiary/aromatic N) is 3. The van der Waals surface area contributed by atoms with E-state index in [0.29, 0.717) is 43.7 Å². The first-order chi connectivity index (χ1) is 16.7. The van der Waals surface area contributed by atoms with Crippen LogP contribution in [-0.4, -0.2) is 43.2 Å². The lowest BCUT2D eigenvalue weighted by atomic mass is 10.2. The van der Waals surface area contributed by atoms with Crippen LogP contribution in [-0.2, 0) is 27.7 Å². The molecular formula is C23H24Cl3N5O3S. The molecule has 0 unspecified atom stereocenters. The van der Waals surface area contributed by atoms with Crippen molar-refractivity contribution in [3.63, 3.8) is 0 Å². The van der Waals surface area contributed by atoms with Gasteiger partial charge in [-0.25, -0.2) is 23.1 Å². The van der Waals surface area contributed by atoms with E-state index in [4.69, 9.17) is 50.3 Å². The zero-order valence-corrected chi connectivity index (χ0v) is 22.0. The number of benzene rings is 2. The number of hydrogen-bond donors (Lipinski definition) is 2. The number of ether oxygens (including phenoxy) is 1. The number of aromatic nitrogens is 3. The molecule has 2 aromatic heterocycles. The van der Waals surface area contributed by atoms with Crippen LogP contribution in [0.3, 0.4) is 0 Å². The van der Waals surface area contributed by atoms with Crippen LogP contribution < -0.4 is 10.5 Å². The quantitative estimate of drug-likeness (QED) is 0.208. The summed E-state index contributed by atoms with van der Waals surface area (Å²) in [6, 6.07) is 10.3. The Hall–Kier alpha value is -2.14. The SMILES string of the molecule is COCCc1nc2c(N)nc3ccccc3c2n1CCCCNS(=O)(=O)c1cc(Cl)c(Cl)cc1Cl. The zero-order valence-electron chi connectivity index (χ0n) is 18.9. The molecule has 0 aliphatic carbocycles. The minimum absolute atomic E-state index is 0.0117. The molecule has 0 spiro atoms. The first kappa shape index (κ1) is 25.9. The van der Waals surface area contributed by atoms with Gasteiger partial charge in [0.1, 0.15) is 16.2 Å². The maximum atomic E-state index is 12.7. The lowest BCUT2D eigenvalue weighted by Gasteiger charge is -2.12. The number of imidazole rings is 1. The lowest BCUT2D eigenvalue weighted by Crippen LogP contribution is -2.25. The zero-order chi connectivity index (χ0) is 25.2. The van der Waals surface area contributed by atoms with E-state index in [9.17, 15) is 8.42 Å². The molecule has 0 aliphatic heterocycles. The van der Waals surface area contributed by atoms with Crippen molar-refractivity contribution in [1.29, 1.82) is 0 Å². The summed E-state index contributed by atoms with van der Waals surface area (Å²) in [6.07, 6.45) is 1.89. The van der Waals surface area contributed by atoms with Crippen LogP contribution in [0.1, 0.15) is 18.7 Å². The van der Waals surface area contributed by atoms with Crippen LogP contribution >= 0.6 is 34.8 Å². The topological polar surface area (TPSA) is 112 Å². The number of hydrogen-bond acceptors (Lipinski definition) is 6. The van der Waals surface area contributed by atoms with Gasteiger partial charge in [-0.05, 0) is 31.0 Å². The summed E-state index contributed by atoms with van der Waals surface area (Å²) in [5, 5.41) is 1.28. The van der Waals surface area contributed by atoms with Crippen LogP contribution in [0, 0.1) is 0 Å². The highest BCUT2D eigenvalue weighted by Crippen LogP contribution is 2.32. The van der Waals surface area contributed by atoms with Crippen LogP contribution in [0.15, 0.2) is 41.3 Å². The lowest BCUT2D eigenvalue weighted by molar-refractivity contribution is 0.199. The van der Waals surface area contributed by atoms with Gasteiger partial charge in [-0.1, -0.05) is 53.0 Å². The maximum Gasteiger partial charge on any atom is 0.242 e. The second-order valence-electron chi connectivity index (χ2n) is 7.94. The summed E-state index contributed by atoms with van der Waals surface area (Å²) in [7, 11) is -2.20. The number of anilines is 1. The van der Waals surface area contributed by atoms with E-state index in [1.54, 1.807) is 7.11 Å². The highest BCUT2D eigenvalue weighted by atomic mass is 35.5. The fourth-order valence-electron chi connectivity index (χ4n) is 3.92. The molecule has 2 heterocycles. The number of halogens is 3. The first-order valence-corrected chi connectivity index (χ1v) is 13.5. The van der Waals surface area contributed by atoms with Crippen molar-refractivity contribution in [2.45, 2.75) is 30.7 Å². The second kappa shape index (κ2) is 10.9. The van der Waals surface area contributed by atoms with Gasteiger partial charge in [0.05, 0.1) is 32.7 Å². The van der Waals surface area contributed by atoms with Crippen molar-refractivity contribution >= 4 is 72.6 Å². The average Bonchev–Trinajstić information content (AvgIpc) is 3.19. The van der Waals surface area contributed by atoms with E-state index in [1.165, 1.54) is 12.1 Å². The minimum Gasteiger partial charge on any atom is -0.384 e. The van der Waals surface area contributed by atoms with E-state index in [1.807, 2.05) is 24.3 Å². The van der Waals surface area contributed by atoms with Crippen molar-refractivity contribution in [3.05, 3.63) is 57.3 Å². The van der Waals surface area contributed by atoms with Crippen molar-refractivity contribution in [3.8, 4) is 0 Å². The van der Waals surface area contributed by atoms with Gasteiger partial charge in [0.2, 0.25) is 10.0 Å². The number of fused-ring (bicyclic) bond motifs is 3. The fraction of sp³-hybridized carbons (Fsp3) is 0.304. The third-order valence-corrected chi connectivity index (χ3v) is 8.23. The molecule has 2 aromatic carbocycles. The summed E-state index contributed by atoms with van der Waals surface area (Å²) >= 11 is 17.9. The summed E-state index contributed by atoms with van der Waals surface area (Å²) < 4.78 is 35.3. The van der Waals surface area contributed by atoms with Gasteiger partial charge in [-0.2, -0.15) is 0 Å². The predicted molar refractivity (Wildman–Crippen MR) is 141 cm³/mol. The largest absolute Gasteiger partial charge is 0.384 e. The van der Waals surface area contributed by atoms with Gasteiger partial charge in [-0.15, -0.1) is 0 Å². The van der Waals surface area contributed by atoms with Crippen molar-refractivity contribution in [1.82, 2.24) is 19.3 Å². The molecule has 0 radical (unpaired) electrons. The Labute approximate surface area is 218 Å². The number of nitrogens with one attached hydrogen (secondary N) is 1. The van der Waals surface area contributed by atoms with Crippen LogP contribution in [0.2, 0.25) is 15.1 Å². The van der Waals surface area contributed by atoms with Gasteiger partial charge in [-0.3, -0.25) is 0 Å². The number of nitrogen functional groups attached to an aromatic ring is 1. The van der Waals surface area contributed by atoms with Crippen molar-refractivity contribution < 1.29 is 13.2 Å². The normalized spacial score (nSPS) is 12.1. The molecule has 0 aliphatic rings. The molecule has 0 bridgehead atoms. The van der Waals surface area contributed by atoms with Gasteiger partial charge in [0, 0.05) is 32.0 Å². The van der Waals surface area contributed by atoms with Gasteiger partial charge in [0.25, 0.3) is 0 Å². The Morgan fingerprint density at radius 3 is 2.57 bits per heavy atom. The van der Waals surface area contributed by atoms with E-state index in [-0.39, 0.29) is 26.5 Å². The number of methoxy groups -OCH3 is 1. The van der Waals surface area contributed by atoms with E-state index in [2.05, 4.69) is 14.3 Å². The number of sulfonamides is 1. The molecule has 35 heavy (non-hydrogen) atoms. The highest BCUT2D eigenvalue weighted by molar-refractivity contribution is 7.89. The molecule has 0 amide bonds. The highest BCUT2D eigenvalue weighted by Gasteiger charge is 2.20. The smallest absolute Gasteiger partial charge is 0.242 e. The van der Waals surface area contributed by atoms with Crippen molar-refractivity contribution in [2.24, 2.45) is 0 Å². The summed E-state index contributed by atoms with van der Waals surface area (Å²) in [6.45, 7) is 1.36. The third-order valence-electron chi connectivity index (χ3n) is 5.58. The molecule has 4 rings (SSSR count). The number of rotatable bonds is 10. The predicted octanol–water partition coefficient (Wildman–Crippen LogP) is 5.07. The number of nitrogens with two attached hydrogens (primary N) is 1. The number of pyridine rings is 1. The number of unbranched alkanes of at least 4 members (excludes halogenated alkanes) is 1. The number of aryl methyl sites for hydroxylation is 1. The molecule has 186 valence electrons. The van der Waals surface area contributed by atoms with E-state index < -0.39 is 10.0 Å². The third kappa shape index (κ3) is 5.50. The summed E-state index contributed by atoms with van der Waals surface area (Å²) in [5.74, 6) is 1.22. The Kier molecular flexibility index (Phi) is 8.05. The van der Waals surface area contributed by atoms with Crippen LogP contribution in [0.25, 0.3) is 21.9 Å². The van der Waals surface area contributed by atoms with Gasteiger partial charge >= 0.3 is 0 Å². The first-order valence-electron chi connectivity index (χ1n) is 10.9. The molecule has 0 fully saturated rings. The second-order valence-corrected chi connectivity index (χ2v) is 10.9.